The summed E-state index contributed by atoms with van der Waals surface area (Å²) in [5.74, 6) is 0.225. The Morgan fingerprint density at radius 3 is 2.56 bits per heavy atom. The molecule has 1 aromatic carbocycles. The minimum Gasteiger partial charge on any atom is -0.481 e. The van der Waals surface area contributed by atoms with Gasteiger partial charge in [0.15, 0.2) is 0 Å². The summed E-state index contributed by atoms with van der Waals surface area (Å²) in [5, 5.41) is 9.09. The lowest BCUT2D eigenvalue weighted by molar-refractivity contribution is -0.143. The molecule has 0 aromatic heterocycles. The summed E-state index contributed by atoms with van der Waals surface area (Å²) >= 11 is 0. The lowest BCUT2D eigenvalue weighted by Crippen LogP contribution is -2.26. The van der Waals surface area contributed by atoms with Gasteiger partial charge in [-0.25, -0.2) is 0 Å². The third-order valence-corrected chi connectivity index (χ3v) is 3.77. The van der Waals surface area contributed by atoms with Crippen LogP contribution >= 0.6 is 0 Å². The SMILES string of the molecule is C[C@@H]1CC[C@@H](C(=O)O)C[C@H]1c1ccccc1. The predicted octanol–water partition coefficient (Wildman–Crippen LogP) is 3.29. The van der Waals surface area contributed by atoms with Gasteiger partial charge in [0.05, 0.1) is 5.92 Å². The molecule has 86 valence electrons. The zero-order valence-electron chi connectivity index (χ0n) is 9.60. The van der Waals surface area contributed by atoms with Gasteiger partial charge in [0.25, 0.3) is 0 Å². The number of carboxylic acids is 1. The van der Waals surface area contributed by atoms with E-state index in [-0.39, 0.29) is 5.92 Å². The molecular formula is C14H18O2. The van der Waals surface area contributed by atoms with E-state index in [0.29, 0.717) is 11.8 Å². The van der Waals surface area contributed by atoms with Gasteiger partial charge >= 0.3 is 5.97 Å². The molecule has 1 aliphatic rings. The Morgan fingerprint density at radius 1 is 1.25 bits per heavy atom. The first-order chi connectivity index (χ1) is 7.68. The highest BCUT2D eigenvalue weighted by Gasteiger charge is 2.32. The molecule has 0 saturated heterocycles. The number of benzene rings is 1. The molecule has 16 heavy (non-hydrogen) atoms. The third kappa shape index (κ3) is 2.26. The summed E-state index contributed by atoms with van der Waals surface area (Å²) in [4.78, 5) is 11.0. The Balaban J connectivity index is 2.16. The zero-order valence-corrected chi connectivity index (χ0v) is 9.60. The van der Waals surface area contributed by atoms with E-state index in [2.05, 4.69) is 19.1 Å². The second-order valence-electron chi connectivity index (χ2n) is 4.84. The van der Waals surface area contributed by atoms with Crippen molar-refractivity contribution in [3.8, 4) is 0 Å². The van der Waals surface area contributed by atoms with Gasteiger partial charge in [-0.2, -0.15) is 0 Å². The van der Waals surface area contributed by atoms with E-state index in [1.165, 1.54) is 5.56 Å². The van der Waals surface area contributed by atoms with Crippen molar-refractivity contribution in [1.82, 2.24) is 0 Å². The van der Waals surface area contributed by atoms with E-state index < -0.39 is 5.97 Å². The van der Waals surface area contributed by atoms with E-state index in [1.807, 2.05) is 18.2 Å². The normalized spacial score (nSPS) is 29.9. The van der Waals surface area contributed by atoms with Crippen LogP contribution in [0.3, 0.4) is 0 Å². The Kier molecular flexibility index (Phi) is 3.28. The summed E-state index contributed by atoms with van der Waals surface area (Å²) in [7, 11) is 0. The van der Waals surface area contributed by atoms with Crippen LogP contribution in [0.5, 0.6) is 0 Å². The highest BCUT2D eigenvalue weighted by molar-refractivity contribution is 5.70. The van der Waals surface area contributed by atoms with Crippen molar-refractivity contribution in [2.45, 2.75) is 32.1 Å². The van der Waals surface area contributed by atoms with Crippen LogP contribution in [0.2, 0.25) is 0 Å². The fraction of sp³-hybridized carbons (Fsp3) is 0.500. The van der Waals surface area contributed by atoms with Crippen molar-refractivity contribution in [1.29, 1.82) is 0 Å². The Bertz CT molecular complexity index is 358. The monoisotopic (exact) mass is 218 g/mol. The molecule has 0 heterocycles. The fourth-order valence-corrected chi connectivity index (χ4v) is 2.71. The summed E-state index contributed by atoms with van der Waals surface area (Å²) in [6.45, 7) is 2.23. The number of carbonyl (C=O) groups is 1. The fourth-order valence-electron chi connectivity index (χ4n) is 2.71. The van der Waals surface area contributed by atoms with E-state index in [1.54, 1.807) is 0 Å². The van der Waals surface area contributed by atoms with Crippen LogP contribution in [0.4, 0.5) is 0 Å². The third-order valence-electron chi connectivity index (χ3n) is 3.77. The summed E-state index contributed by atoms with van der Waals surface area (Å²) in [6.07, 6.45) is 2.65. The van der Waals surface area contributed by atoms with E-state index in [4.69, 9.17) is 5.11 Å². The molecule has 0 unspecified atom stereocenters. The van der Waals surface area contributed by atoms with Crippen LogP contribution in [0.1, 0.15) is 37.7 Å². The second-order valence-corrected chi connectivity index (χ2v) is 4.84. The standard InChI is InChI=1S/C14H18O2/c1-10-7-8-12(14(15)16)9-13(10)11-5-3-2-4-6-11/h2-6,10,12-13H,7-9H2,1H3,(H,15,16)/t10-,12-,13-/m1/s1. The number of rotatable bonds is 2. The zero-order chi connectivity index (χ0) is 11.5. The van der Waals surface area contributed by atoms with E-state index in [0.717, 1.165) is 19.3 Å². The van der Waals surface area contributed by atoms with Gasteiger partial charge in [0.2, 0.25) is 0 Å². The first-order valence-electron chi connectivity index (χ1n) is 5.96. The van der Waals surface area contributed by atoms with Gasteiger partial charge in [-0.3, -0.25) is 4.79 Å². The second kappa shape index (κ2) is 4.69. The van der Waals surface area contributed by atoms with E-state index in [9.17, 15) is 4.79 Å². The average Bonchev–Trinajstić information content (AvgIpc) is 2.30. The molecule has 3 atom stereocenters. The smallest absolute Gasteiger partial charge is 0.306 e. The molecule has 1 aliphatic carbocycles. The van der Waals surface area contributed by atoms with Crippen molar-refractivity contribution >= 4 is 5.97 Å². The molecule has 1 N–H and O–H groups in total. The maximum Gasteiger partial charge on any atom is 0.306 e. The molecule has 2 nitrogen and oxygen atoms in total. The lowest BCUT2D eigenvalue weighted by Gasteiger charge is -2.32. The number of hydrogen-bond acceptors (Lipinski definition) is 1. The first kappa shape index (κ1) is 11.2. The van der Waals surface area contributed by atoms with Crippen molar-refractivity contribution in [3.05, 3.63) is 35.9 Å². The van der Waals surface area contributed by atoms with E-state index >= 15 is 0 Å². The Morgan fingerprint density at radius 2 is 1.94 bits per heavy atom. The molecule has 1 aromatic rings. The van der Waals surface area contributed by atoms with Gasteiger partial charge in [0, 0.05) is 0 Å². The van der Waals surface area contributed by atoms with Crippen molar-refractivity contribution in [2.75, 3.05) is 0 Å². The maximum atomic E-state index is 11.0. The van der Waals surface area contributed by atoms with Gasteiger partial charge in [0.1, 0.15) is 0 Å². The molecule has 2 heteroatoms. The van der Waals surface area contributed by atoms with Crippen molar-refractivity contribution in [2.24, 2.45) is 11.8 Å². The molecule has 0 amide bonds. The summed E-state index contributed by atoms with van der Waals surface area (Å²) in [6, 6.07) is 10.3. The summed E-state index contributed by atoms with van der Waals surface area (Å²) < 4.78 is 0. The minimum atomic E-state index is -0.632. The quantitative estimate of drug-likeness (QED) is 0.827. The Labute approximate surface area is 96.3 Å². The van der Waals surface area contributed by atoms with Gasteiger partial charge < -0.3 is 5.11 Å². The molecular weight excluding hydrogens is 200 g/mol. The first-order valence-corrected chi connectivity index (χ1v) is 5.96. The Hall–Kier alpha value is -1.31. The topological polar surface area (TPSA) is 37.3 Å². The lowest BCUT2D eigenvalue weighted by atomic mass is 9.72. The van der Waals surface area contributed by atoms with Gasteiger partial charge in [-0.05, 0) is 36.7 Å². The molecule has 0 radical (unpaired) electrons. The average molecular weight is 218 g/mol. The molecule has 1 fully saturated rings. The molecule has 0 aliphatic heterocycles. The van der Waals surface area contributed by atoms with Crippen LogP contribution in [0.15, 0.2) is 30.3 Å². The largest absolute Gasteiger partial charge is 0.481 e. The van der Waals surface area contributed by atoms with Crippen LogP contribution in [-0.2, 0) is 4.79 Å². The molecule has 2 rings (SSSR count). The van der Waals surface area contributed by atoms with Crippen LogP contribution < -0.4 is 0 Å². The maximum absolute atomic E-state index is 11.0. The highest BCUT2D eigenvalue weighted by atomic mass is 16.4. The molecule has 1 saturated carbocycles. The molecule has 0 bridgehead atoms. The number of hydrogen-bond donors (Lipinski definition) is 1. The summed E-state index contributed by atoms with van der Waals surface area (Å²) in [5.41, 5.74) is 1.29. The number of carboxylic acid groups (broad SMARTS) is 1. The van der Waals surface area contributed by atoms with Crippen LogP contribution in [0, 0.1) is 11.8 Å². The van der Waals surface area contributed by atoms with Gasteiger partial charge in [-0.1, -0.05) is 37.3 Å². The predicted molar refractivity (Wildman–Crippen MR) is 63.3 cm³/mol. The van der Waals surface area contributed by atoms with Crippen LogP contribution in [0.25, 0.3) is 0 Å². The minimum absolute atomic E-state index is 0.151. The highest BCUT2D eigenvalue weighted by Crippen LogP contribution is 2.40. The van der Waals surface area contributed by atoms with Crippen LogP contribution in [-0.4, -0.2) is 11.1 Å². The van der Waals surface area contributed by atoms with Crippen molar-refractivity contribution < 1.29 is 9.90 Å². The van der Waals surface area contributed by atoms with Gasteiger partial charge in [-0.15, -0.1) is 0 Å². The molecule has 0 spiro atoms. The van der Waals surface area contributed by atoms with Crippen molar-refractivity contribution in [3.63, 3.8) is 0 Å². The number of aliphatic carboxylic acids is 1.